The molecule has 0 aliphatic carbocycles. The maximum atomic E-state index is 16.3. The Morgan fingerprint density at radius 1 is 0.903 bits per heavy atom. The molecule has 7 heterocycles. The Morgan fingerprint density at radius 2 is 1.55 bits per heavy atom. The first kappa shape index (κ1) is 40.4. The predicted octanol–water partition coefficient (Wildman–Crippen LogP) is 5.07. The van der Waals surface area contributed by atoms with Crippen LogP contribution in [0.2, 0.25) is 0 Å². The molecule has 62 heavy (non-hydrogen) atoms. The summed E-state index contributed by atoms with van der Waals surface area (Å²) in [4.78, 5) is 72.6. The van der Waals surface area contributed by atoms with Crippen molar-refractivity contribution in [3.8, 4) is 0 Å². The average Bonchev–Trinajstić information content (AvgIpc) is 3.94. The van der Waals surface area contributed by atoms with Crippen molar-refractivity contribution in [2.24, 2.45) is 5.41 Å². The smallest absolute Gasteiger partial charge is 0.262 e. The largest absolute Gasteiger partial charge is 0.371 e. The van der Waals surface area contributed by atoms with E-state index >= 15 is 8.78 Å². The number of aromatic amines is 1. The van der Waals surface area contributed by atoms with Crippen LogP contribution in [0.25, 0.3) is 10.9 Å². The van der Waals surface area contributed by atoms with Crippen LogP contribution in [0, 0.1) is 17.0 Å². The van der Waals surface area contributed by atoms with Gasteiger partial charge in [-0.3, -0.25) is 49.1 Å². The number of anilines is 1. The van der Waals surface area contributed by atoms with Gasteiger partial charge in [0.2, 0.25) is 17.7 Å². The predicted molar refractivity (Wildman–Crippen MR) is 217 cm³/mol. The van der Waals surface area contributed by atoms with Gasteiger partial charge < -0.3 is 9.80 Å². The van der Waals surface area contributed by atoms with Gasteiger partial charge in [-0.1, -0.05) is 6.07 Å². The topological polar surface area (TPSA) is 142 Å². The molecule has 6 aliphatic heterocycles. The molecule has 17 heteroatoms. The molecule has 1 spiro atoms. The molecule has 0 saturated carbocycles. The van der Waals surface area contributed by atoms with E-state index in [4.69, 9.17) is 0 Å². The average molecular weight is 855 g/mol. The van der Waals surface area contributed by atoms with Crippen LogP contribution < -0.4 is 10.2 Å². The Balaban J connectivity index is 0.758. The lowest BCUT2D eigenvalue weighted by Gasteiger charge is -2.47. The summed E-state index contributed by atoms with van der Waals surface area (Å²) in [6, 6.07) is 7.11. The molecule has 6 aliphatic rings. The van der Waals surface area contributed by atoms with E-state index in [0.717, 1.165) is 58.2 Å². The second-order valence-corrected chi connectivity index (χ2v) is 18.0. The van der Waals surface area contributed by atoms with Crippen LogP contribution >= 0.6 is 0 Å². The van der Waals surface area contributed by atoms with E-state index in [-0.39, 0.29) is 47.4 Å². The number of fused-ring (bicyclic) bond motifs is 5. The molecule has 4 aromatic rings. The highest BCUT2D eigenvalue weighted by molar-refractivity contribution is 6.23. The Labute approximate surface area is 354 Å². The summed E-state index contributed by atoms with van der Waals surface area (Å²) in [5.41, 5.74) is 4.53. The van der Waals surface area contributed by atoms with Crippen molar-refractivity contribution in [3.63, 3.8) is 0 Å². The minimum absolute atomic E-state index is 0.00357. The second-order valence-electron chi connectivity index (χ2n) is 18.0. The molecule has 13 nitrogen and oxygen atoms in total. The number of likely N-dealkylation sites (tertiary alicyclic amines) is 1. The first-order chi connectivity index (χ1) is 29.8. The number of alkyl halides is 2. The molecule has 2 N–H and O–H groups in total. The summed E-state index contributed by atoms with van der Waals surface area (Å²) in [5.74, 6) is -3.75. The van der Waals surface area contributed by atoms with Crippen molar-refractivity contribution in [2.45, 2.75) is 89.5 Å². The third-order valence-electron chi connectivity index (χ3n) is 14.4. The number of hydrogen-bond acceptors (Lipinski definition) is 9. The molecule has 0 radical (unpaired) electrons. The number of benzene rings is 3. The number of aromatic nitrogens is 2. The summed E-state index contributed by atoms with van der Waals surface area (Å²) < 4.78 is 60.5. The number of imide groups is 2. The molecule has 0 bridgehead atoms. The number of hydrogen-bond donors (Lipinski definition) is 2. The van der Waals surface area contributed by atoms with E-state index < -0.39 is 66.4 Å². The Kier molecular flexibility index (Phi) is 9.96. The van der Waals surface area contributed by atoms with E-state index in [9.17, 15) is 32.8 Å². The summed E-state index contributed by atoms with van der Waals surface area (Å²) in [6.45, 7) is 4.56. The third kappa shape index (κ3) is 6.83. The number of carbonyl (C=O) groups is 5. The number of H-pyrrole nitrogens is 1. The standard InChI is InChI=1S/C45H46F4N8O5/c1-24-14-29-28(2-3-35-32(29)19-50-52-35)41(56(24)22-37(48)49)40-33(46)17-27(18-34(40)47)54-10-6-45(7-11-54)8-12-55(13-9-45)39(59)23-53-20-25-15-30-31(16-26(25)21-53)44(62)57(43(30)61)36-4-5-38(58)51-42(36)60/h2-3,15-19,24,36-37,41H,4-14,20-23H2,1H3,(H,50,52)(H,51,58,60). The van der Waals surface area contributed by atoms with Gasteiger partial charge in [0.1, 0.15) is 17.7 Å². The van der Waals surface area contributed by atoms with E-state index in [1.54, 1.807) is 37.4 Å². The Morgan fingerprint density at radius 3 is 2.18 bits per heavy atom. The molecule has 5 amide bonds. The second kappa shape index (κ2) is 15.3. The van der Waals surface area contributed by atoms with Crippen LogP contribution in [0.15, 0.2) is 42.6 Å². The minimum atomic E-state index is -2.69. The number of rotatable bonds is 7. The van der Waals surface area contributed by atoms with Gasteiger partial charge in [0.05, 0.1) is 42.0 Å². The first-order valence-electron chi connectivity index (χ1n) is 21.4. The maximum Gasteiger partial charge on any atom is 0.262 e. The minimum Gasteiger partial charge on any atom is -0.371 e. The number of halogens is 4. The number of nitrogens with zero attached hydrogens (tertiary/aromatic N) is 6. The monoisotopic (exact) mass is 854 g/mol. The lowest BCUT2D eigenvalue weighted by atomic mass is 9.71. The van der Waals surface area contributed by atoms with Crippen molar-refractivity contribution in [1.29, 1.82) is 0 Å². The number of nitrogens with one attached hydrogen (secondary N) is 2. The molecular formula is C45H46F4N8O5. The van der Waals surface area contributed by atoms with Crippen LogP contribution in [0.5, 0.6) is 0 Å². The first-order valence-corrected chi connectivity index (χ1v) is 21.4. The van der Waals surface area contributed by atoms with Crippen LogP contribution in [0.3, 0.4) is 0 Å². The Hall–Kier alpha value is -5.68. The van der Waals surface area contributed by atoms with Gasteiger partial charge >= 0.3 is 0 Å². The number of piperidine rings is 3. The van der Waals surface area contributed by atoms with E-state index in [0.29, 0.717) is 56.9 Å². The van der Waals surface area contributed by atoms with Crippen LogP contribution in [0.4, 0.5) is 23.2 Å². The molecule has 3 unspecified atom stereocenters. The summed E-state index contributed by atoms with van der Waals surface area (Å²) in [6.07, 6.45) is 2.74. The van der Waals surface area contributed by atoms with Gasteiger partial charge in [-0.2, -0.15) is 5.10 Å². The van der Waals surface area contributed by atoms with Crippen molar-refractivity contribution < 1.29 is 41.5 Å². The highest BCUT2D eigenvalue weighted by Crippen LogP contribution is 2.46. The zero-order chi connectivity index (χ0) is 43.2. The van der Waals surface area contributed by atoms with Gasteiger partial charge in [0.15, 0.2) is 0 Å². The molecule has 3 atom stereocenters. The van der Waals surface area contributed by atoms with Crippen LogP contribution in [-0.4, -0.2) is 117 Å². The molecule has 3 fully saturated rings. The highest BCUT2D eigenvalue weighted by Gasteiger charge is 2.46. The van der Waals surface area contributed by atoms with Crippen molar-refractivity contribution >= 4 is 46.1 Å². The van der Waals surface area contributed by atoms with Gasteiger partial charge in [-0.25, -0.2) is 17.6 Å². The Bertz CT molecular complexity index is 2480. The maximum absolute atomic E-state index is 16.3. The number of amides is 5. The van der Waals surface area contributed by atoms with Crippen LogP contribution in [-0.2, 0) is 33.9 Å². The summed E-state index contributed by atoms with van der Waals surface area (Å²) in [7, 11) is 0. The third-order valence-corrected chi connectivity index (χ3v) is 14.4. The highest BCUT2D eigenvalue weighted by atomic mass is 19.3. The molecular weight excluding hydrogens is 809 g/mol. The fraction of sp³-hybridized carbons (Fsp3) is 0.467. The van der Waals surface area contributed by atoms with Gasteiger partial charge in [-0.05, 0) is 103 Å². The lowest BCUT2D eigenvalue weighted by molar-refractivity contribution is -0.137. The van der Waals surface area contributed by atoms with Crippen molar-refractivity contribution in [1.82, 2.24) is 35.1 Å². The van der Waals surface area contributed by atoms with E-state index in [2.05, 4.69) is 15.5 Å². The number of carbonyl (C=O) groups excluding carboxylic acids is 5. The summed E-state index contributed by atoms with van der Waals surface area (Å²) >= 11 is 0. The van der Waals surface area contributed by atoms with Gasteiger partial charge in [0.25, 0.3) is 18.2 Å². The SMILES string of the molecule is CC1Cc2c(ccc3[nH]ncc23)C(c2c(F)cc(N3CCC4(CCN(C(=O)CN5Cc6cc7c(cc6C5)C(=O)N(C5CCC(=O)NC5=O)C7=O)CC4)CC3)cc2F)N1CC(F)F. The lowest BCUT2D eigenvalue weighted by Crippen LogP contribution is -2.54. The molecule has 3 aromatic carbocycles. The van der Waals surface area contributed by atoms with Gasteiger partial charge in [0, 0.05) is 68.4 Å². The van der Waals surface area contributed by atoms with Crippen molar-refractivity contribution in [2.75, 3.05) is 44.2 Å². The molecule has 324 valence electrons. The fourth-order valence-corrected chi connectivity index (χ4v) is 11.0. The van der Waals surface area contributed by atoms with Gasteiger partial charge in [-0.15, -0.1) is 0 Å². The zero-order valence-corrected chi connectivity index (χ0v) is 34.2. The van der Waals surface area contributed by atoms with E-state index in [1.165, 1.54) is 17.0 Å². The zero-order valence-electron chi connectivity index (χ0n) is 34.2. The summed E-state index contributed by atoms with van der Waals surface area (Å²) in [5, 5.41) is 10.1. The molecule has 10 rings (SSSR count). The van der Waals surface area contributed by atoms with E-state index in [1.807, 2.05) is 14.7 Å². The molecule has 3 saturated heterocycles. The fourth-order valence-electron chi connectivity index (χ4n) is 11.0. The normalized spacial score (nSPS) is 24.0. The quantitative estimate of drug-likeness (QED) is 0.193. The van der Waals surface area contributed by atoms with Crippen molar-refractivity contribution in [3.05, 3.63) is 93.2 Å². The molecule has 1 aromatic heterocycles. The van der Waals surface area contributed by atoms with Crippen LogP contribution in [0.1, 0.15) is 100 Å².